The van der Waals surface area contributed by atoms with Crippen molar-refractivity contribution in [1.82, 2.24) is 15.0 Å². The fourth-order valence-electron chi connectivity index (χ4n) is 4.30. The largest absolute Gasteiger partial charge is 1.00 e. The van der Waals surface area contributed by atoms with Crippen LogP contribution < -0.4 is 17.3 Å². The smallest absolute Gasteiger partial charge is 0.247 e. The molecular formula is C21H28ClN5O4. The van der Waals surface area contributed by atoms with Gasteiger partial charge in [0.05, 0.1) is 6.61 Å². The Hall–Kier alpha value is -2.56. The zero-order valence-corrected chi connectivity index (χ0v) is 18.5. The Labute approximate surface area is 187 Å². The van der Waals surface area contributed by atoms with Gasteiger partial charge in [-0.25, -0.2) is 0 Å². The number of carbonyl (C=O) groups excluding carboxylic acids is 1. The number of ketones is 1. The lowest BCUT2D eigenvalue weighted by Gasteiger charge is -2.47. The van der Waals surface area contributed by atoms with E-state index in [1.54, 1.807) is 41.6 Å². The van der Waals surface area contributed by atoms with E-state index >= 15 is 0 Å². The lowest BCUT2D eigenvalue weighted by molar-refractivity contribution is -1.17. The first kappa shape index (κ1) is 23.1. The minimum Gasteiger partial charge on any atom is -1.00 e. The number of fused-ring (bicyclic) bond motifs is 1. The minimum atomic E-state index is -1.32. The van der Waals surface area contributed by atoms with Crippen molar-refractivity contribution in [2.24, 2.45) is 0 Å². The van der Waals surface area contributed by atoms with Crippen molar-refractivity contribution in [2.45, 2.75) is 25.0 Å². The number of halogens is 1. The maximum Gasteiger partial charge on any atom is 0.247 e. The molecule has 0 aromatic heterocycles. The third-order valence-electron chi connectivity index (χ3n) is 5.92. The molecule has 168 valence electrons. The first-order chi connectivity index (χ1) is 14.3. The van der Waals surface area contributed by atoms with Crippen molar-refractivity contribution >= 4 is 11.5 Å². The summed E-state index contributed by atoms with van der Waals surface area (Å²) in [6.07, 6.45) is 8.24. The number of hydroxylamine groups is 4. The number of carbonyl (C=O) groups is 1. The zero-order chi connectivity index (χ0) is 21.7. The number of aliphatic hydroxyl groups excluding tert-OH is 1. The molecule has 9 nitrogen and oxygen atoms in total. The van der Waals surface area contributed by atoms with E-state index in [9.17, 15) is 20.3 Å². The number of rotatable bonds is 7. The standard InChI is InChI=1S/C21H28N5O4.ClH/c1-4-19-24(29)18-15-26(19,30)25(18)21(9-11-23(12-10-21)13-14-27)20(28)16-5-7-17(8-6-16)22(2)3;/h5-12,15,19,27,29-30H,4,13-14H2,1-3H3;1H/q+1;/p-1. The molecule has 5 rings (SSSR count). The molecule has 0 aliphatic carbocycles. The fraction of sp³-hybridized carbons (Fsp3) is 0.381. The molecule has 0 saturated carbocycles. The van der Waals surface area contributed by atoms with Gasteiger partial charge in [0.15, 0.2) is 5.54 Å². The van der Waals surface area contributed by atoms with Crippen LogP contribution in [-0.4, -0.2) is 80.0 Å². The normalized spacial score (nSPS) is 25.2. The highest BCUT2D eigenvalue weighted by Crippen LogP contribution is 2.50. The van der Waals surface area contributed by atoms with Crippen LogP contribution >= 0.6 is 0 Å². The Morgan fingerprint density at radius 3 is 2.29 bits per heavy atom. The Kier molecular flexibility index (Phi) is 6.09. The SMILES string of the molecule is CCC1N(O)C2=C[N+]1(O)N2C1(C(=O)c2ccc(N(C)C)cc2)C=CN(CCO)C=C1.[Cl-]. The van der Waals surface area contributed by atoms with Gasteiger partial charge in [0, 0.05) is 50.7 Å². The van der Waals surface area contributed by atoms with Crippen LogP contribution in [0.15, 0.2) is 60.8 Å². The lowest BCUT2D eigenvalue weighted by Crippen LogP contribution is -3.00. The quantitative estimate of drug-likeness (QED) is 0.349. The number of anilines is 1. The third kappa shape index (κ3) is 3.29. The van der Waals surface area contributed by atoms with Crippen LogP contribution in [0.2, 0.25) is 0 Å². The summed E-state index contributed by atoms with van der Waals surface area (Å²) in [4.78, 5) is 17.5. The summed E-state index contributed by atoms with van der Waals surface area (Å²) in [5.74, 6) is 0.156. The van der Waals surface area contributed by atoms with E-state index in [0.717, 1.165) is 10.8 Å². The van der Waals surface area contributed by atoms with Crippen molar-refractivity contribution in [1.29, 1.82) is 0 Å². The van der Waals surface area contributed by atoms with E-state index in [1.807, 2.05) is 38.1 Å². The van der Waals surface area contributed by atoms with E-state index in [1.165, 1.54) is 11.2 Å². The molecule has 4 aliphatic rings. The molecule has 4 heterocycles. The molecule has 2 unspecified atom stereocenters. The summed E-state index contributed by atoms with van der Waals surface area (Å²) in [5.41, 5.74) is 0.135. The Morgan fingerprint density at radius 1 is 1.19 bits per heavy atom. The number of quaternary nitrogens is 1. The van der Waals surface area contributed by atoms with Crippen LogP contribution in [0.4, 0.5) is 5.69 Å². The number of hydrogen-bond acceptors (Lipinski definition) is 8. The van der Waals surface area contributed by atoms with E-state index in [-0.39, 0.29) is 24.8 Å². The molecule has 0 amide bonds. The van der Waals surface area contributed by atoms with Gasteiger partial charge in [0.1, 0.15) is 0 Å². The monoisotopic (exact) mass is 449 g/mol. The van der Waals surface area contributed by atoms with Gasteiger partial charge in [-0.2, -0.15) is 10.3 Å². The molecule has 1 fully saturated rings. The van der Waals surface area contributed by atoms with Crippen molar-refractivity contribution in [2.75, 3.05) is 32.1 Å². The van der Waals surface area contributed by atoms with Crippen LogP contribution in [0.25, 0.3) is 0 Å². The molecule has 1 aromatic carbocycles. The Morgan fingerprint density at radius 2 is 1.81 bits per heavy atom. The van der Waals surface area contributed by atoms with Gasteiger partial charge in [-0.15, -0.1) is 5.01 Å². The van der Waals surface area contributed by atoms with Gasteiger partial charge in [0.25, 0.3) is 0 Å². The average Bonchev–Trinajstić information content (AvgIpc) is 3.11. The third-order valence-corrected chi connectivity index (χ3v) is 5.92. The summed E-state index contributed by atoms with van der Waals surface area (Å²) >= 11 is 0. The zero-order valence-electron chi connectivity index (χ0n) is 17.8. The average molecular weight is 450 g/mol. The maximum atomic E-state index is 13.8. The van der Waals surface area contributed by atoms with Gasteiger partial charge in [-0.3, -0.25) is 10.0 Å². The predicted octanol–water partition coefficient (Wildman–Crippen LogP) is -1.31. The van der Waals surface area contributed by atoms with E-state index < -0.39 is 16.5 Å². The van der Waals surface area contributed by atoms with Crippen LogP contribution in [-0.2, 0) is 0 Å². The van der Waals surface area contributed by atoms with Crippen LogP contribution in [0, 0.1) is 0 Å². The number of hydrogen-bond donors (Lipinski definition) is 3. The molecule has 0 radical (unpaired) electrons. The summed E-state index contributed by atoms with van der Waals surface area (Å²) < 4.78 is -0.668. The van der Waals surface area contributed by atoms with Crippen molar-refractivity contribution in [3.05, 3.63) is 66.4 Å². The first-order valence-electron chi connectivity index (χ1n) is 9.99. The van der Waals surface area contributed by atoms with Crippen molar-refractivity contribution < 1.29 is 37.5 Å². The number of Topliss-reactive ketones (excluding diaryl/α,β-unsaturated/α-hetero) is 1. The van der Waals surface area contributed by atoms with E-state index in [2.05, 4.69) is 0 Å². The van der Waals surface area contributed by atoms with Crippen LogP contribution in [0.1, 0.15) is 23.7 Å². The molecule has 1 saturated heterocycles. The molecule has 3 N–H and O–H groups in total. The molecule has 4 aliphatic heterocycles. The lowest BCUT2D eigenvalue weighted by atomic mass is 9.86. The van der Waals surface area contributed by atoms with Gasteiger partial charge < -0.3 is 27.3 Å². The molecule has 2 atom stereocenters. The van der Waals surface area contributed by atoms with Gasteiger partial charge in [0.2, 0.25) is 24.0 Å². The number of nitrogens with zero attached hydrogens (tertiary/aromatic N) is 5. The number of aliphatic hydroxyl groups is 1. The topological polar surface area (TPSA) is 90.7 Å². The highest BCUT2D eigenvalue weighted by atomic mass is 35.5. The minimum absolute atomic E-state index is 0. The van der Waals surface area contributed by atoms with Gasteiger partial charge in [-0.05, 0) is 41.2 Å². The van der Waals surface area contributed by atoms with Crippen molar-refractivity contribution in [3.8, 4) is 0 Å². The fourth-order valence-corrected chi connectivity index (χ4v) is 4.30. The predicted molar refractivity (Wildman–Crippen MR) is 110 cm³/mol. The Bertz CT molecular complexity index is 918. The first-order valence-corrected chi connectivity index (χ1v) is 9.99. The summed E-state index contributed by atoms with van der Waals surface area (Å²) in [6.45, 7) is 2.22. The van der Waals surface area contributed by atoms with E-state index in [0.29, 0.717) is 24.4 Å². The molecule has 31 heavy (non-hydrogen) atoms. The summed E-state index contributed by atoms with van der Waals surface area (Å²) in [5, 5.41) is 33.5. The summed E-state index contributed by atoms with van der Waals surface area (Å²) in [6, 6.07) is 7.27. The highest BCUT2D eigenvalue weighted by molar-refractivity contribution is 6.06. The van der Waals surface area contributed by atoms with Gasteiger partial charge >= 0.3 is 0 Å². The van der Waals surface area contributed by atoms with Crippen LogP contribution in [0.5, 0.6) is 0 Å². The second-order valence-electron chi connectivity index (χ2n) is 7.92. The van der Waals surface area contributed by atoms with E-state index in [4.69, 9.17) is 0 Å². The molecule has 10 heteroatoms. The molecular weight excluding hydrogens is 422 g/mol. The summed E-state index contributed by atoms with van der Waals surface area (Å²) in [7, 11) is 3.86. The molecule has 0 spiro atoms. The van der Waals surface area contributed by atoms with Crippen LogP contribution in [0.3, 0.4) is 0 Å². The van der Waals surface area contributed by atoms with Crippen molar-refractivity contribution in [3.63, 3.8) is 0 Å². The second-order valence-corrected chi connectivity index (χ2v) is 7.92. The molecule has 2 bridgehead atoms. The number of β-amino-alcohol motifs (C(OH)–C–C–N with tert-alkyl or cyclic N) is 1. The van der Waals surface area contributed by atoms with Gasteiger partial charge in [-0.1, -0.05) is 6.92 Å². The molecule has 1 aromatic rings. The highest BCUT2D eigenvalue weighted by Gasteiger charge is 2.71. The number of benzene rings is 1. The second kappa shape index (κ2) is 8.18. The Balaban J connectivity index is 0.00000272. The maximum absolute atomic E-state index is 13.8.